The zero-order valence-corrected chi connectivity index (χ0v) is 11.0. The summed E-state index contributed by atoms with van der Waals surface area (Å²) in [6.07, 6.45) is 6.19. The van der Waals surface area contributed by atoms with Crippen LogP contribution in [0.2, 0.25) is 0 Å². The van der Waals surface area contributed by atoms with Crippen LogP contribution in [0.3, 0.4) is 0 Å². The van der Waals surface area contributed by atoms with Crippen molar-refractivity contribution >= 4 is 5.91 Å². The first kappa shape index (κ1) is 14.5. The van der Waals surface area contributed by atoms with Gasteiger partial charge in [0.2, 0.25) is 5.91 Å². The molecule has 4 heteroatoms. The highest BCUT2D eigenvalue weighted by molar-refractivity contribution is 5.78. The highest BCUT2D eigenvalue weighted by atomic mass is 16.3. The van der Waals surface area contributed by atoms with E-state index in [-0.39, 0.29) is 12.0 Å². The number of hydrogen-bond acceptors (Lipinski definition) is 3. The molecule has 1 rings (SSSR count). The van der Waals surface area contributed by atoms with E-state index >= 15 is 0 Å². The third-order valence-corrected chi connectivity index (χ3v) is 3.24. The summed E-state index contributed by atoms with van der Waals surface area (Å²) in [6.45, 7) is 4.73. The van der Waals surface area contributed by atoms with Gasteiger partial charge in [-0.2, -0.15) is 0 Å². The first-order valence-corrected chi connectivity index (χ1v) is 6.90. The van der Waals surface area contributed by atoms with E-state index in [0.717, 1.165) is 38.8 Å². The fourth-order valence-electron chi connectivity index (χ4n) is 2.21. The molecule has 2 N–H and O–H groups in total. The molecule has 1 aliphatic rings. The Bertz CT molecular complexity index is 213. The molecular formula is C13H26N2O2. The fraction of sp³-hybridized carbons (Fsp3) is 0.923. The van der Waals surface area contributed by atoms with Gasteiger partial charge in [-0.15, -0.1) is 0 Å². The molecule has 0 aliphatic carbocycles. The molecule has 0 aromatic carbocycles. The van der Waals surface area contributed by atoms with E-state index in [2.05, 4.69) is 5.32 Å². The zero-order valence-electron chi connectivity index (χ0n) is 11.0. The van der Waals surface area contributed by atoms with Crippen LogP contribution in [0.1, 0.15) is 45.4 Å². The Morgan fingerprint density at radius 2 is 1.94 bits per heavy atom. The van der Waals surface area contributed by atoms with Crippen LogP contribution in [0.15, 0.2) is 0 Å². The Kier molecular flexibility index (Phi) is 7.21. The smallest absolute Gasteiger partial charge is 0.236 e. The lowest BCUT2D eigenvalue weighted by molar-refractivity contribution is -0.130. The Labute approximate surface area is 104 Å². The zero-order chi connectivity index (χ0) is 12.5. The van der Waals surface area contributed by atoms with Crippen LogP contribution in [0, 0.1) is 0 Å². The molecule has 0 spiro atoms. The summed E-state index contributed by atoms with van der Waals surface area (Å²) in [4.78, 5) is 13.8. The Morgan fingerprint density at radius 3 is 2.53 bits per heavy atom. The fourth-order valence-corrected chi connectivity index (χ4v) is 2.21. The van der Waals surface area contributed by atoms with Gasteiger partial charge in [-0.05, 0) is 19.3 Å². The molecule has 17 heavy (non-hydrogen) atoms. The van der Waals surface area contributed by atoms with E-state index in [9.17, 15) is 9.90 Å². The number of aliphatic hydroxyl groups excluding tert-OH is 1. The molecule has 1 aliphatic heterocycles. The molecule has 1 unspecified atom stereocenters. The number of carbonyl (C=O) groups excluding carboxylic acids is 1. The van der Waals surface area contributed by atoms with Gasteiger partial charge in [0, 0.05) is 19.6 Å². The lowest BCUT2D eigenvalue weighted by Gasteiger charge is -2.21. The maximum Gasteiger partial charge on any atom is 0.236 e. The molecule has 100 valence electrons. The van der Waals surface area contributed by atoms with Crippen molar-refractivity contribution in [1.82, 2.24) is 10.2 Å². The van der Waals surface area contributed by atoms with Gasteiger partial charge in [0.1, 0.15) is 0 Å². The van der Waals surface area contributed by atoms with E-state index < -0.39 is 0 Å². The average Bonchev–Trinajstić information content (AvgIpc) is 2.57. The molecule has 0 radical (unpaired) electrons. The molecule has 0 aromatic rings. The van der Waals surface area contributed by atoms with Crippen LogP contribution in [-0.4, -0.2) is 48.2 Å². The Morgan fingerprint density at radius 1 is 1.29 bits per heavy atom. The minimum absolute atomic E-state index is 0.176. The van der Waals surface area contributed by atoms with Gasteiger partial charge in [0.05, 0.1) is 12.6 Å². The maximum atomic E-state index is 11.9. The van der Waals surface area contributed by atoms with E-state index in [1.165, 1.54) is 12.8 Å². The van der Waals surface area contributed by atoms with E-state index in [1.807, 2.05) is 11.8 Å². The predicted molar refractivity (Wildman–Crippen MR) is 68.8 cm³/mol. The first-order valence-electron chi connectivity index (χ1n) is 6.90. The molecule has 0 saturated carbocycles. The van der Waals surface area contributed by atoms with Crippen molar-refractivity contribution in [1.29, 1.82) is 0 Å². The number of carbonyl (C=O) groups is 1. The van der Waals surface area contributed by atoms with Crippen LogP contribution in [-0.2, 0) is 4.79 Å². The van der Waals surface area contributed by atoms with Gasteiger partial charge in [0.15, 0.2) is 0 Å². The number of likely N-dealkylation sites (tertiary alicyclic amines) is 1. The van der Waals surface area contributed by atoms with Gasteiger partial charge < -0.3 is 15.3 Å². The first-order chi connectivity index (χ1) is 8.24. The minimum atomic E-state index is -0.322. The molecule has 1 fully saturated rings. The summed E-state index contributed by atoms with van der Waals surface area (Å²) in [7, 11) is 0. The summed E-state index contributed by atoms with van der Waals surface area (Å²) < 4.78 is 0. The van der Waals surface area contributed by atoms with Crippen LogP contribution in [0.5, 0.6) is 0 Å². The average molecular weight is 242 g/mol. The van der Waals surface area contributed by atoms with Crippen molar-refractivity contribution in [2.75, 3.05) is 26.2 Å². The van der Waals surface area contributed by atoms with Crippen molar-refractivity contribution in [3.8, 4) is 0 Å². The lowest BCUT2D eigenvalue weighted by atomic mass is 10.2. The largest absolute Gasteiger partial charge is 0.392 e. The van der Waals surface area contributed by atoms with Gasteiger partial charge in [0.25, 0.3) is 0 Å². The van der Waals surface area contributed by atoms with Gasteiger partial charge in [-0.1, -0.05) is 26.2 Å². The highest BCUT2D eigenvalue weighted by Crippen LogP contribution is 2.09. The topological polar surface area (TPSA) is 52.6 Å². The number of hydrogen-bond donors (Lipinski definition) is 2. The van der Waals surface area contributed by atoms with Crippen LogP contribution in [0.25, 0.3) is 0 Å². The SMILES string of the molecule is CCCC(O)CNCC(=O)N1CCCCCC1. The Hall–Kier alpha value is -0.610. The van der Waals surface area contributed by atoms with Gasteiger partial charge in [-0.3, -0.25) is 4.79 Å². The van der Waals surface area contributed by atoms with E-state index in [0.29, 0.717) is 13.1 Å². The van der Waals surface area contributed by atoms with E-state index in [4.69, 9.17) is 0 Å². The van der Waals surface area contributed by atoms with Gasteiger partial charge >= 0.3 is 0 Å². The molecular weight excluding hydrogens is 216 g/mol. The summed E-state index contributed by atoms with van der Waals surface area (Å²) in [5.41, 5.74) is 0. The number of nitrogens with one attached hydrogen (secondary N) is 1. The number of aliphatic hydroxyl groups is 1. The van der Waals surface area contributed by atoms with Crippen molar-refractivity contribution in [3.05, 3.63) is 0 Å². The maximum absolute atomic E-state index is 11.9. The summed E-state index contributed by atoms with van der Waals surface area (Å²) in [6, 6.07) is 0. The van der Waals surface area contributed by atoms with Crippen LogP contribution in [0.4, 0.5) is 0 Å². The summed E-state index contributed by atoms with van der Waals surface area (Å²) >= 11 is 0. The molecule has 0 bridgehead atoms. The number of rotatable bonds is 6. The predicted octanol–water partition coefficient (Wildman–Crippen LogP) is 1.14. The van der Waals surface area contributed by atoms with Crippen molar-refractivity contribution in [2.24, 2.45) is 0 Å². The molecule has 1 heterocycles. The van der Waals surface area contributed by atoms with E-state index in [1.54, 1.807) is 0 Å². The number of nitrogens with zero attached hydrogens (tertiary/aromatic N) is 1. The van der Waals surface area contributed by atoms with Crippen LogP contribution < -0.4 is 5.32 Å². The summed E-state index contributed by atoms with van der Waals surface area (Å²) in [5.74, 6) is 0.176. The van der Waals surface area contributed by atoms with Crippen molar-refractivity contribution in [3.63, 3.8) is 0 Å². The molecule has 1 atom stereocenters. The third kappa shape index (κ3) is 6.03. The second kappa shape index (κ2) is 8.48. The van der Waals surface area contributed by atoms with Crippen molar-refractivity contribution in [2.45, 2.75) is 51.6 Å². The molecule has 1 amide bonds. The highest BCUT2D eigenvalue weighted by Gasteiger charge is 2.15. The third-order valence-electron chi connectivity index (χ3n) is 3.24. The summed E-state index contributed by atoms with van der Waals surface area (Å²) in [5, 5.41) is 12.6. The standard InChI is InChI=1S/C13H26N2O2/c1-2-7-12(16)10-14-11-13(17)15-8-5-3-4-6-9-15/h12,14,16H,2-11H2,1H3. The monoisotopic (exact) mass is 242 g/mol. The molecule has 4 nitrogen and oxygen atoms in total. The Balaban J connectivity index is 2.15. The normalized spacial score (nSPS) is 18.8. The quantitative estimate of drug-likeness (QED) is 0.734. The molecule has 1 saturated heterocycles. The second-order valence-corrected chi connectivity index (χ2v) is 4.87. The molecule has 0 aromatic heterocycles. The van der Waals surface area contributed by atoms with Crippen LogP contribution >= 0.6 is 0 Å². The second-order valence-electron chi connectivity index (χ2n) is 4.87. The van der Waals surface area contributed by atoms with Gasteiger partial charge in [-0.25, -0.2) is 0 Å². The lowest BCUT2D eigenvalue weighted by Crippen LogP contribution is -2.40. The van der Waals surface area contributed by atoms with Crippen molar-refractivity contribution < 1.29 is 9.90 Å². The minimum Gasteiger partial charge on any atom is -0.392 e. The number of amides is 1.